The maximum Gasteiger partial charge on any atom is 0.242 e. The summed E-state index contributed by atoms with van der Waals surface area (Å²) < 4.78 is 9.59. The third kappa shape index (κ3) is 2.31. The monoisotopic (exact) mass is 304 g/mol. The van der Waals surface area contributed by atoms with Gasteiger partial charge in [0.25, 0.3) is 0 Å². The first-order valence-corrected chi connectivity index (χ1v) is 7.03. The van der Waals surface area contributed by atoms with Crippen LogP contribution in [0.1, 0.15) is 18.2 Å². The molecule has 3 rings (SSSR count). The predicted octanol–water partition coefficient (Wildman–Crippen LogP) is 1.84. The minimum absolute atomic E-state index is 0.492. The maximum atomic E-state index is 5.40. The second-order valence-electron chi connectivity index (χ2n) is 4.73. The first-order chi connectivity index (χ1) is 10.1. The van der Waals surface area contributed by atoms with E-state index in [2.05, 4.69) is 27.0 Å². The lowest BCUT2D eigenvalue weighted by atomic mass is 10.2. The van der Waals surface area contributed by atoms with E-state index < -0.39 is 0 Å². The fraction of sp³-hybridized carbons (Fsp3) is 0.385. The van der Waals surface area contributed by atoms with E-state index in [1.54, 1.807) is 7.11 Å². The van der Waals surface area contributed by atoms with Crippen LogP contribution in [0.2, 0.25) is 0 Å². The molecule has 0 saturated heterocycles. The van der Waals surface area contributed by atoms with Crippen molar-refractivity contribution in [3.63, 3.8) is 0 Å². The fourth-order valence-corrected chi connectivity index (χ4v) is 2.68. The lowest BCUT2D eigenvalue weighted by molar-refractivity contribution is 0.401. The number of rotatable bonds is 4. The van der Waals surface area contributed by atoms with E-state index in [0.717, 1.165) is 23.3 Å². The number of fused-ring (bicyclic) bond motifs is 1. The third-order valence-electron chi connectivity index (χ3n) is 3.37. The van der Waals surface area contributed by atoms with E-state index in [1.807, 2.05) is 22.5 Å². The number of nitrogens with one attached hydrogen (secondary N) is 1. The van der Waals surface area contributed by atoms with Crippen LogP contribution < -0.4 is 4.74 Å². The van der Waals surface area contributed by atoms with Crippen molar-refractivity contribution in [2.45, 2.75) is 19.9 Å². The van der Waals surface area contributed by atoms with Gasteiger partial charge in [0.1, 0.15) is 11.8 Å². The number of aryl methyl sites for hydroxylation is 2. The molecule has 0 aliphatic carbocycles. The molecule has 0 amide bonds. The van der Waals surface area contributed by atoms with Crippen LogP contribution >= 0.6 is 12.2 Å². The van der Waals surface area contributed by atoms with E-state index in [4.69, 9.17) is 17.0 Å². The molecule has 1 N–H and O–H groups in total. The van der Waals surface area contributed by atoms with Gasteiger partial charge in [0.15, 0.2) is 10.4 Å². The Hall–Kier alpha value is -2.22. The molecule has 0 aliphatic rings. The molecule has 0 aliphatic heterocycles. The second-order valence-corrected chi connectivity index (χ2v) is 5.11. The summed E-state index contributed by atoms with van der Waals surface area (Å²) in [5, 5.41) is 4.45. The largest absolute Gasteiger partial charge is 0.479 e. The van der Waals surface area contributed by atoms with Gasteiger partial charge in [-0.1, -0.05) is 6.92 Å². The van der Waals surface area contributed by atoms with Crippen molar-refractivity contribution in [3.8, 4) is 5.88 Å². The van der Waals surface area contributed by atoms with Crippen molar-refractivity contribution in [2.75, 3.05) is 7.11 Å². The summed E-state index contributed by atoms with van der Waals surface area (Å²) in [6, 6.07) is 0. The summed E-state index contributed by atoms with van der Waals surface area (Å²) in [6.45, 7) is 2.71. The zero-order valence-electron chi connectivity index (χ0n) is 12.1. The molecule has 3 heterocycles. The number of hydrogen-bond acceptors (Lipinski definition) is 5. The molecular weight excluding hydrogens is 288 g/mol. The van der Waals surface area contributed by atoms with Gasteiger partial charge >= 0.3 is 0 Å². The summed E-state index contributed by atoms with van der Waals surface area (Å²) in [4.78, 5) is 11.5. The molecule has 3 aromatic heterocycles. The van der Waals surface area contributed by atoms with E-state index in [9.17, 15) is 0 Å². The Morgan fingerprint density at radius 2 is 2.19 bits per heavy atom. The number of nitrogens with zero attached hydrogens (tertiary/aromatic N) is 5. The maximum absolute atomic E-state index is 5.40. The molecule has 0 fully saturated rings. The Labute approximate surface area is 126 Å². The second kappa shape index (κ2) is 5.28. The van der Waals surface area contributed by atoms with Crippen molar-refractivity contribution in [2.24, 2.45) is 7.05 Å². The Morgan fingerprint density at radius 3 is 2.90 bits per heavy atom. The van der Waals surface area contributed by atoms with Crippen LogP contribution in [0.5, 0.6) is 5.88 Å². The molecule has 21 heavy (non-hydrogen) atoms. The van der Waals surface area contributed by atoms with Crippen LogP contribution in [-0.4, -0.2) is 36.4 Å². The van der Waals surface area contributed by atoms with E-state index in [-0.39, 0.29) is 0 Å². The molecule has 110 valence electrons. The number of ether oxygens (including phenoxy) is 1. The lowest BCUT2D eigenvalue weighted by Gasteiger charge is -2.04. The normalized spacial score (nSPS) is 11.2. The van der Waals surface area contributed by atoms with Gasteiger partial charge in [0, 0.05) is 18.8 Å². The Morgan fingerprint density at radius 1 is 1.38 bits per heavy atom. The van der Waals surface area contributed by atoms with Crippen LogP contribution in [-0.2, 0) is 20.0 Å². The van der Waals surface area contributed by atoms with Crippen molar-refractivity contribution < 1.29 is 4.74 Å². The van der Waals surface area contributed by atoms with Gasteiger partial charge in [0.2, 0.25) is 5.88 Å². The van der Waals surface area contributed by atoms with Gasteiger partial charge in [-0.3, -0.25) is 9.25 Å². The number of aromatic amines is 1. The predicted molar refractivity (Wildman–Crippen MR) is 81.0 cm³/mol. The van der Waals surface area contributed by atoms with Gasteiger partial charge < -0.3 is 9.72 Å². The number of imidazole rings is 1. The third-order valence-corrected chi connectivity index (χ3v) is 3.70. The van der Waals surface area contributed by atoms with Crippen LogP contribution in [0, 0.1) is 4.77 Å². The summed E-state index contributed by atoms with van der Waals surface area (Å²) in [6.07, 6.45) is 4.37. The fourth-order valence-electron chi connectivity index (χ4n) is 2.43. The Balaban J connectivity index is 2.12. The summed E-state index contributed by atoms with van der Waals surface area (Å²) >= 11 is 5.40. The lowest BCUT2D eigenvalue weighted by Crippen LogP contribution is -2.02. The highest BCUT2D eigenvalue weighted by Gasteiger charge is 2.14. The highest BCUT2D eigenvalue weighted by Crippen LogP contribution is 2.21. The molecule has 3 aromatic rings. The molecule has 0 radical (unpaired) electrons. The molecule has 0 saturated carbocycles. The Bertz CT molecular complexity index is 846. The van der Waals surface area contributed by atoms with Gasteiger partial charge in [-0.25, -0.2) is 4.98 Å². The van der Waals surface area contributed by atoms with Crippen LogP contribution in [0.25, 0.3) is 11.2 Å². The molecule has 0 atom stereocenters. The van der Waals surface area contributed by atoms with Crippen LogP contribution in [0.4, 0.5) is 0 Å². The van der Waals surface area contributed by atoms with Crippen LogP contribution in [0.15, 0.2) is 12.5 Å². The molecule has 0 spiro atoms. The summed E-state index contributed by atoms with van der Waals surface area (Å²) in [5.74, 6) is 0.492. The van der Waals surface area contributed by atoms with Gasteiger partial charge in [0.05, 0.1) is 19.3 Å². The Kier molecular flexibility index (Phi) is 3.46. The zero-order chi connectivity index (χ0) is 15.0. The number of hydrogen-bond donors (Lipinski definition) is 1. The highest BCUT2D eigenvalue weighted by atomic mass is 32.1. The first kappa shape index (κ1) is 13.7. The van der Waals surface area contributed by atoms with Crippen molar-refractivity contribution >= 4 is 23.4 Å². The molecule has 0 bridgehead atoms. The molecule has 7 nitrogen and oxygen atoms in total. The average molecular weight is 304 g/mol. The topological polar surface area (TPSA) is 73.5 Å². The summed E-state index contributed by atoms with van der Waals surface area (Å²) in [5.41, 5.74) is 3.65. The van der Waals surface area contributed by atoms with Crippen molar-refractivity contribution in [3.05, 3.63) is 28.6 Å². The highest BCUT2D eigenvalue weighted by molar-refractivity contribution is 7.71. The number of aromatic nitrogens is 6. The molecule has 0 unspecified atom stereocenters. The van der Waals surface area contributed by atoms with Gasteiger partial charge in [-0.15, -0.1) is 0 Å². The van der Waals surface area contributed by atoms with Crippen LogP contribution in [0.3, 0.4) is 0 Å². The smallest absolute Gasteiger partial charge is 0.242 e. The number of methoxy groups -OCH3 is 1. The molecule has 0 aromatic carbocycles. The van der Waals surface area contributed by atoms with Crippen molar-refractivity contribution in [1.29, 1.82) is 0 Å². The minimum Gasteiger partial charge on any atom is -0.479 e. The summed E-state index contributed by atoms with van der Waals surface area (Å²) in [7, 11) is 3.49. The average Bonchev–Trinajstić information content (AvgIpc) is 2.99. The quantitative estimate of drug-likeness (QED) is 0.745. The van der Waals surface area contributed by atoms with Crippen molar-refractivity contribution in [1.82, 2.24) is 29.3 Å². The molecular formula is C13H16N6OS. The standard InChI is InChI=1S/C13H16N6OS/c1-4-9-8(5-18(2)17-9)6-19-11-10(16-13(19)21)12(20-3)15-7-14-11/h5,7H,4,6H2,1-3H3,(H,16,21). The van der Waals surface area contributed by atoms with E-state index >= 15 is 0 Å². The van der Waals surface area contributed by atoms with E-state index in [1.165, 1.54) is 6.33 Å². The minimum atomic E-state index is 0.492. The number of H-pyrrole nitrogens is 1. The molecule has 8 heteroatoms. The van der Waals surface area contributed by atoms with Gasteiger partial charge in [-0.2, -0.15) is 10.1 Å². The van der Waals surface area contributed by atoms with Gasteiger partial charge in [-0.05, 0) is 18.6 Å². The zero-order valence-corrected chi connectivity index (χ0v) is 12.9. The first-order valence-electron chi connectivity index (χ1n) is 6.63. The SMILES string of the molecule is CCc1nn(C)cc1Cn1c(=S)[nH]c2c(OC)ncnc21. The van der Waals surface area contributed by atoms with E-state index in [0.29, 0.717) is 22.7 Å².